The number of hydrogen-bond acceptors (Lipinski definition) is 5. The maximum Gasteiger partial charge on any atom is 0.303 e. The van der Waals surface area contributed by atoms with E-state index in [0.717, 1.165) is 27.8 Å². The van der Waals surface area contributed by atoms with Gasteiger partial charge in [-0.1, -0.05) is 91.0 Å². The van der Waals surface area contributed by atoms with Crippen LogP contribution in [0.25, 0.3) is 22.3 Å². The lowest BCUT2D eigenvalue weighted by Crippen LogP contribution is -2.44. The van der Waals surface area contributed by atoms with E-state index in [2.05, 4.69) is 41.7 Å². The Morgan fingerprint density at radius 2 is 1.20 bits per heavy atom. The first-order chi connectivity index (χ1) is 21.2. The molecule has 4 aromatic carbocycles. The number of carboxylic acid groups (broad SMARTS) is 1. The minimum Gasteiger partial charge on any atom is -0.508 e. The quantitative estimate of drug-likeness (QED) is 0.147. The fourth-order valence-electron chi connectivity index (χ4n) is 5.01. The number of aliphatic carboxylic acids is 1. The van der Waals surface area contributed by atoms with Gasteiger partial charge in [0.1, 0.15) is 5.75 Å². The number of nitrogens with two attached hydrogens (primary N) is 1. The molecule has 0 unspecified atom stereocenters. The molecule has 2 amide bonds. The third kappa shape index (κ3) is 9.39. The van der Waals surface area contributed by atoms with Gasteiger partial charge in [0.05, 0.1) is 6.04 Å². The van der Waals surface area contributed by atoms with E-state index in [9.17, 15) is 24.3 Å². The van der Waals surface area contributed by atoms with Crippen molar-refractivity contribution < 1.29 is 29.4 Å². The highest BCUT2D eigenvalue weighted by Gasteiger charge is 2.27. The van der Waals surface area contributed by atoms with E-state index in [-0.39, 0.29) is 43.8 Å². The van der Waals surface area contributed by atoms with Crippen LogP contribution in [0.4, 0.5) is 0 Å². The number of carbonyl (C=O) groups is 4. The SMILES string of the molecule is NC(=O)[C@H](CCC(=O)O)CC(=O)[C@H](Cc1ccc(O)cc1)NC(=O)CCc1ccc(-c2ccc(-c3ccccc3)cc2)cc1. The Labute approximate surface area is 256 Å². The van der Waals surface area contributed by atoms with E-state index in [1.807, 2.05) is 42.5 Å². The molecular formula is C36H36N2O6. The van der Waals surface area contributed by atoms with E-state index < -0.39 is 29.6 Å². The number of primary amides is 1. The van der Waals surface area contributed by atoms with Crippen LogP contribution in [-0.4, -0.2) is 39.8 Å². The maximum atomic E-state index is 13.2. The molecule has 0 heterocycles. The number of Topliss-reactive ketones (excluding diaryl/α,β-unsaturated/α-hetero) is 1. The normalized spacial score (nSPS) is 12.2. The van der Waals surface area contributed by atoms with Crippen LogP contribution >= 0.6 is 0 Å². The number of aromatic hydroxyl groups is 1. The van der Waals surface area contributed by atoms with E-state index in [1.165, 1.54) is 12.1 Å². The average Bonchev–Trinajstić information content (AvgIpc) is 3.03. The number of benzene rings is 4. The van der Waals surface area contributed by atoms with Crippen molar-refractivity contribution in [2.45, 2.75) is 44.6 Å². The molecule has 8 heteroatoms. The van der Waals surface area contributed by atoms with Gasteiger partial charge in [-0.15, -0.1) is 0 Å². The summed E-state index contributed by atoms with van der Waals surface area (Å²) in [4.78, 5) is 49.1. The second-order valence-corrected chi connectivity index (χ2v) is 10.8. The number of phenolic OH excluding ortho intramolecular Hbond substituents is 1. The highest BCUT2D eigenvalue weighted by atomic mass is 16.4. The van der Waals surface area contributed by atoms with E-state index in [0.29, 0.717) is 12.0 Å². The molecule has 0 saturated carbocycles. The second kappa shape index (κ2) is 15.3. The molecule has 0 aromatic heterocycles. The summed E-state index contributed by atoms with van der Waals surface area (Å²) in [5.41, 5.74) is 11.5. The molecule has 226 valence electrons. The molecule has 0 aliphatic rings. The molecule has 0 bridgehead atoms. The smallest absolute Gasteiger partial charge is 0.303 e. The van der Waals surface area contributed by atoms with Crippen LogP contribution in [0.3, 0.4) is 0 Å². The predicted molar refractivity (Wildman–Crippen MR) is 169 cm³/mol. The van der Waals surface area contributed by atoms with Crippen molar-refractivity contribution in [2.75, 3.05) is 0 Å². The summed E-state index contributed by atoms with van der Waals surface area (Å²) in [5, 5.41) is 21.4. The van der Waals surface area contributed by atoms with Gasteiger partial charge >= 0.3 is 5.97 Å². The van der Waals surface area contributed by atoms with E-state index in [4.69, 9.17) is 10.8 Å². The van der Waals surface area contributed by atoms with Crippen LogP contribution in [0.1, 0.15) is 36.8 Å². The first-order valence-corrected chi connectivity index (χ1v) is 14.5. The zero-order valence-electron chi connectivity index (χ0n) is 24.3. The van der Waals surface area contributed by atoms with Crippen molar-refractivity contribution in [1.82, 2.24) is 5.32 Å². The number of amides is 2. The molecule has 8 nitrogen and oxygen atoms in total. The van der Waals surface area contributed by atoms with Crippen molar-refractivity contribution in [3.05, 3.63) is 114 Å². The third-order valence-corrected chi connectivity index (χ3v) is 7.58. The number of rotatable bonds is 15. The molecule has 2 atom stereocenters. The molecule has 4 rings (SSSR count). The predicted octanol–water partition coefficient (Wildman–Crippen LogP) is 5.31. The fraction of sp³-hybridized carbons (Fsp3) is 0.222. The maximum absolute atomic E-state index is 13.2. The molecule has 0 spiro atoms. The van der Waals surface area contributed by atoms with Gasteiger partial charge in [-0.2, -0.15) is 0 Å². The summed E-state index contributed by atoms with van der Waals surface area (Å²) in [6.07, 6.45) is 0.105. The summed E-state index contributed by atoms with van der Waals surface area (Å²) in [7, 11) is 0. The molecule has 0 fully saturated rings. The van der Waals surface area contributed by atoms with Crippen molar-refractivity contribution in [3.63, 3.8) is 0 Å². The molecule has 0 saturated heterocycles. The van der Waals surface area contributed by atoms with Gasteiger partial charge in [0, 0.05) is 25.2 Å². The Hall–Kier alpha value is -5.24. The second-order valence-electron chi connectivity index (χ2n) is 10.8. The molecule has 5 N–H and O–H groups in total. The average molecular weight is 593 g/mol. The van der Waals surface area contributed by atoms with Crippen LogP contribution in [0.15, 0.2) is 103 Å². The van der Waals surface area contributed by atoms with Crippen LogP contribution in [-0.2, 0) is 32.0 Å². The van der Waals surface area contributed by atoms with Crippen molar-refractivity contribution in [3.8, 4) is 28.0 Å². The van der Waals surface area contributed by atoms with Gasteiger partial charge in [-0.05, 0) is 64.8 Å². The molecule has 4 aromatic rings. The molecule has 44 heavy (non-hydrogen) atoms. The third-order valence-electron chi connectivity index (χ3n) is 7.58. The lowest BCUT2D eigenvalue weighted by Gasteiger charge is -2.20. The Morgan fingerprint density at radius 1 is 0.682 bits per heavy atom. The van der Waals surface area contributed by atoms with Crippen LogP contribution in [0.2, 0.25) is 0 Å². The number of hydrogen-bond donors (Lipinski definition) is 4. The van der Waals surface area contributed by atoms with Gasteiger partial charge < -0.3 is 21.3 Å². The highest BCUT2D eigenvalue weighted by Crippen LogP contribution is 2.25. The first kappa shape index (κ1) is 31.7. The number of nitrogens with one attached hydrogen (secondary N) is 1. The van der Waals surface area contributed by atoms with Gasteiger partial charge in [0.25, 0.3) is 0 Å². The first-order valence-electron chi connectivity index (χ1n) is 14.5. The van der Waals surface area contributed by atoms with Gasteiger partial charge in [0.15, 0.2) is 5.78 Å². The lowest BCUT2D eigenvalue weighted by molar-refractivity contribution is -0.138. The summed E-state index contributed by atoms with van der Waals surface area (Å²) in [6.45, 7) is 0. The molecule has 0 aliphatic carbocycles. The highest BCUT2D eigenvalue weighted by molar-refractivity contribution is 5.92. The number of aryl methyl sites for hydroxylation is 1. The Morgan fingerprint density at radius 3 is 1.75 bits per heavy atom. The Kier molecular flexibility index (Phi) is 11.0. The monoisotopic (exact) mass is 592 g/mol. The van der Waals surface area contributed by atoms with Gasteiger partial charge in [-0.3, -0.25) is 19.2 Å². The van der Waals surface area contributed by atoms with Crippen molar-refractivity contribution in [1.29, 1.82) is 0 Å². The lowest BCUT2D eigenvalue weighted by atomic mass is 9.91. The minimum absolute atomic E-state index is 0.0660. The van der Waals surface area contributed by atoms with Crippen molar-refractivity contribution >= 4 is 23.6 Å². The number of carbonyl (C=O) groups excluding carboxylic acids is 3. The van der Waals surface area contributed by atoms with Crippen LogP contribution < -0.4 is 11.1 Å². The summed E-state index contributed by atoms with van der Waals surface area (Å²) in [5.74, 6) is -3.48. The minimum atomic E-state index is -1.09. The Bertz CT molecular complexity index is 1570. The Balaban J connectivity index is 1.37. The summed E-state index contributed by atoms with van der Waals surface area (Å²) >= 11 is 0. The largest absolute Gasteiger partial charge is 0.508 e. The number of carboxylic acids is 1. The topological polar surface area (TPSA) is 147 Å². The fourth-order valence-corrected chi connectivity index (χ4v) is 5.01. The standard InChI is InChI=1S/C36H36N2O6/c37-36(44)30(17-21-35(42)43)23-33(40)32(22-25-8-18-31(39)19-9-25)38-34(41)20-10-24-6-11-27(12-7-24)29-15-13-28(14-16-29)26-4-2-1-3-5-26/h1-9,11-16,18-19,30,32,39H,10,17,20-23H2,(H2,37,44)(H,38,41)(H,42,43)/t30-,32+/m1/s1. The molecule has 0 radical (unpaired) electrons. The van der Waals surface area contributed by atoms with Crippen LogP contribution in [0.5, 0.6) is 5.75 Å². The number of phenols is 1. The van der Waals surface area contributed by atoms with Gasteiger partial charge in [0.2, 0.25) is 11.8 Å². The zero-order chi connectivity index (χ0) is 31.5. The van der Waals surface area contributed by atoms with Crippen LogP contribution in [0, 0.1) is 5.92 Å². The zero-order valence-corrected chi connectivity index (χ0v) is 24.3. The molecule has 0 aliphatic heterocycles. The van der Waals surface area contributed by atoms with Crippen molar-refractivity contribution in [2.24, 2.45) is 11.7 Å². The van der Waals surface area contributed by atoms with E-state index in [1.54, 1.807) is 12.1 Å². The number of ketones is 1. The molecular weight excluding hydrogens is 556 g/mol. The summed E-state index contributed by atoms with van der Waals surface area (Å²) in [6, 6.07) is 31.8. The van der Waals surface area contributed by atoms with Gasteiger partial charge in [-0.25, -0.2) is 0 Å². The van der Waals surface area contributed by atoms with E-state index >= 15 is 0 Å². The summed E-state index contributed by atoms with van der Waals surface area (Å²) < 4.78 is 0.